The second-order valence-corrected chi connectivity index (χ2v) is 5.31. The topological polar surface area (TPSA) is 77.3 Å². The standard InChI is InChI=1S/C11H17BN2O3/c1-10(2)11(3,4)17-12(16-10)7-5-8(13)9(15)14-6-7/h5-6H,13H2,1-4H3,(H,14,15). The van der Waals surface area contributed by atoms with Crippen LogP contribution in [-0.4, -0.2) is 23.3 Å². The van der Waals surface area contributed by atoms with E-state index in [1.54, 1.807) is 12.3 Å². The Morgan fingerprint density at radius 3 is 2.24 bits per heavy atom. The van der Waals surface area contributed by atoms with Gasteiger partial charge in [-0.25, -0.2) is 0 Å². The molecule has 2 heterocycles. The molecule has 1 aromatic rings. The molecule has 2 rings (SSSR count). The van der Waals surface area contributed by atoms with Crippen LogP contribution >= 0.6 is 0 Å². The summed E-state index contributed by atoms with van der Waals surface area (Å²) in [4.78, 5) is 13.7. The molecular weight excluding hydrogens is 219 g/mol. The van der Waals surface area contributed by atoms with Gasteiger partial charge in [-0.2, -0.15) is 0 Å². The maximum Gasteiger partial charge on any atom is 0.496 e. The third-order valence-electron chi connectivity index (χ3n) is 3.48. The Morgan fingerprint density at radius 2 is 1.76 bits per heavy atom. The predicted octanol–water partition coefficient (Wildman–Crippen LogP) is 0.256. The number of aromatic amines is 1. The first-order valence-corrected chi connectivity index (χ1v) is 5.57. The molecule has 17 heavy (non-hydrogen) atoms. The quantitative estimate of drug-likeness (QED) is 0.685. The second kappa shape index (κ2) is 3.61. The normalized spacial score (nSPS) is 21.8. The Morgan fingerprint density at radius 1 is 1.24 bits per heavy atom. The van der Waals surface area contributed by atoms with Gasteiger partial charge in [0.2, 0.25) is 0 Å². The molecule has 5 nitrogen and oxygen atoms in total. The molecule has 1 aromatic heterocycles. The van der Waals surface area contributed by atoms with Crippen molar-refractivity contribution in [2.45, 2.75) is 38.9 Å². The van der Waals surface area contributed by atoms with Crippen LogP contribution in [0.5, 0.6) is 0 Å². The highest BCUT2D eigenvalue weighted by atomic mass is 16.7. The van der Waals surface area contributed by atoms with E-state index in [1.807, 2.05) is 27.7 Å². The number of hydrogen-bond acceptors (Lipinski definition) is 4. The molecule has 0 aromatic carbocycles. The summed E-state index contributed by atoms with van der Waals surface area (Å²) < 4.78 is 11.7. The average Bonchev–Trinajstić information content (AvgIpc) is 2.41. The lowest BCUT2D eigenvalue weighted by atomic mass is 9.80. The van der Waals surface area contributed by atoms with Crippen LogP contribution < -0.4 is 16.8 Å². The molecule has 0 saturated carbocycles. The summed E-state index contributed by atoms with van der Waals surface area (Å²) in [6, 6.07) is 1.58. The molecule has 1 saturated heterocycles. The maximum absolute atomic E-state index is 11.2. The summed E-state index contributed by atoms with van der Waals surface area (Å²) in [6.45, 7) is 7.90. The minimum absolute atomic E-state index is 0.164. The van der Waals surface area contributed by atoms with Crippen molar-refractivity contribution < 1.29 is 9.31 Å². The van der Waals surface area contributed by atoms with Crippen LogP contribution in [0.1, 0.15) is 27.7 Å². The number of H-pyrrole nitrogens is 1. The van der Waals surface area contributed by atoms with Gasteiger partial charge >= 0.3 is 7.12 Å². The fourth-order valence-corrected chi connectivity index (χ4v) is 1.63. The van der Waals surface area contributed by atoms with Gasteiger partial charge in [-0.1, -0.05) is 0 Å². The van der Waals surface area contributed by atoms with Crippen LogP contribution in [0, 0.1) is 0 Å². The molecule has 1 aliphatic heterocycles. The number of nitrogens with one attached hydrogen (secondary N) is 1. The molecule has 3 N–H and O–H groups in total. The van der Waals surface area contributed by atoms with E-state index in [-0.39, 0.29) is 11.2 Å². The van der Waals surface area contributed by atoms with Crippen LogP contribution in [0.4, 0.5) is 5.69 Å². The van der Waals surface area contributed by atoms with E-state index in [4.69, 9.17) is 15.0 Å². The van der Waals surface area contributed by atoms with Crippen LogP contribution in [-0.2, 0) is 9.31 Å². The predicted molar refractivity (Wildman–Crippen MR) is 67.2 cm³/mol. The smallest absolute Gasteiger partial charge is 0.399 e. The van der Waals surface area contributed by atoms with E-state index in [2.05, 4.69) is 4.98 Å². The van der Waals surface area contributed by atoms with Gasteiger partial charge in [-0.05, 0) is 33.8 Å². The lowest BCUT2D eigenvalue weighted by Crippen LogP contribution is -2.41. The van der Waals surface area contributed by atoms with Crippen molar-refractivity contribution in [1.29, 1.82) is 0 Å². The van der Waals surface area contributed by atoms with Crippen LogP contribution in [0.15, 0.2) is 17.1 Å². The molecule has 0 aliphatic carbocycles. The molecule has 0 amide bonds. The molecule has 0 atom stereocenters. The van der Waals surface area contributed by atoms with Crippen molar-refractivity contribution in [3.05, 3.63) is 22.6 Å². The van der Waals surface area contributed by atoms with E-state index < -0.39 is 18.3 Å². The molecular formula is C11H17BN2O3. The summed E-state index contributed by atoms with van der Waals surface area (Å²) in [5.41, 5.74) is 5.35. The van der Waals surface area contributed by atoms with Crippen LogP contribution in [0.25, 0.3) is 0 Å². The van der Waals surface area contributed by atoms with Crippen molar-refractivity contribution in [3.63, 3.8) is 0 Å². The maximum atomic E-state index is 11.2. The number of aromatic nitrogens is 1. The van der Waals surface area contributed by atoms with Crippen molar-refractivity contribution in [2.75, 3.05) is 5.73 Å². The molecule has 6 heteroatoms. The number of anilines is 1. The van der Waals surface area contributed by atoms with E-state index in [9.17, 15) is 4.79 Å². The van der Waals surface area contributed by atoms with Gasteiger partial charge in [0.25, 0.3) is 5.56 Å². The van der Waals surface area contributed by atoms with Crippen molar-refractivity contribution >= 4 is 18.3 Å². The summed E-state index contributed by atoms with van der Waals surface area (Å²) >= 11 is 0. The molecule has 0 bridgehead atoms. The van der Waals surface area contributed by atoms with Gasteiger partial charge < -0.3 is 20.0 Å². The Kier molecular flexibility index (Phi) is 2.59. The molecule has 1 fully saturated rings. The van der Waals surface area contributed by atoms with Gasteiger partial charge in [0.15, 0.2) is 0 Å². The van der Waals surface area contributed by atoms with Gasteiger partial charge in [0.05, 0.1) is 16.9 Å². The average molecular weight is 236 g/mol. The lowest BCUT2D eigenvalue weighted by Gasteiger charge is -2.32. The highest BCUT2D eigenvalue weighted by Crippen LogP contribution is 2.36. The molecule has 0 radical (unpaired) electrons. The zero-order valence-corrected chi connectivity index (χ0v) is 10.5. The van der Waals surface area contributed by atoms with Crippen molar-refractivity contribution in [2.24, 2.45) is 0 Å². The Hall–Kier alpha value is -1.27. The lowest BCUT2D eigenvalue weighted by molar-refractivity contribution is 0.00578. The summed E-state index contributed by atoms with van der Waals surface area (Å²) in [7, 11) is -0.501. The van der Waals surface area contributed by atoms with Crippen LogP contribution in [0.3, 0.4) is 0 Å². The number of nitrogens with two attached hydrogens (primary N) is 1. The third kappa shape index (κ3) is 1.98. The minimum Gasteiger partial charge on any atom is -0.399 e. The first kappa shape index (κ1) is 12.2. The second-order valence-electron chi connectivity index (χ2n) is 5.31. The van der Waals surface area contributed by atoms with E-state index in [1.165, 1.54) is 0 Å². The van der Waals surface area contributed by atoms with E-state index in [0.29, 0.717) is 0 Å². The Balaban J connectivity index is 2.32. The fourth-order valence-electron chi connectivity index (χ4n) is 1.63. The first-order valence-electron chi connectivity index (χ1n) is 5.57. The van der Waals surface area contributed by atoms with Gasteiger partial charge in [-0.15, -0.1) is 0 Å². The summed E-state index contributed by atoms with van der Waals surface area (Å²) in [5.74, 6) is 0. The van der Waals surface area contributed by atoms with Crippen molar-refractivity contribution in [1.82, 2.24) is 4.98 Å². The molecule has 92 valence electrons. The SMILES string of the molecule is CC1(C)OB(c2c[nH]c(=O)c(N)c2)OC1(C)C. The molecule has 0 spiro atoms. The summed E-state index contributed by atoms with van der Waals surface area (Å²) in [6.07, 6.45) is 1.57. The van der Waals surface area contributed by atoms with Gasteiger partial charge in [0, 0.05) is 11.7 Å². The van der Waals surface area contributed by atoms with Crippen LogP contribution in [0.2, 0.25) is 0 Å². The minimum atomic E-state index is -0.501. The Labute approximate surface area is 100 Å². The number of hydrogen-bond donors (Lipinski definition) is 2. The van der Waals surface area contributed by atoms with Crippen molar-refractivity contribution in [3.8, 4) is 0 Å². The number of rotatable bonds is 1. The Bertz CT molecular complexity index is 480. The van der Waals surface area contributed by atoms with E-state index >= 15 is 0 Å². The first-order chi connectivity index (χ1) is 7.73. The van der Waals surface area contributed by atoms with E-state index in [0.717, 1.165) is 5.46 Å². The van der Waals surface area contributed by atoms with Gasteiger partial charge in [-0.3, -0.25) is 4.79 Å². The largest absolute Gasteiger partial charge is 0.496 e. The highest BCUT2D eigenvalue weighted by molar-refractivity contribution is 6.62. The van der Waals surface area contributed by atoms with Gasteiger partial charge in [0.1, 0.15) is 0 Å². The fraction of sp³-hybridized carbons (Fsp3) is 0.545. The molecule has 0 unspecified atom stereocenters. The third-order valence-corrected chi connectivity index (χ3v) is 3.48. The monoisotopic (exact) mass is 236 g/mol. The number of pyridine rings is 1. The highest BCUT2D eigenvalue weighted by Gasteiger charge is 2.51. The zero-order valence-electron chi connectivity index (χ0n) is 10.5. The number of nitrogen functional groups attached to an aromatic ring is 1. The molecule has 1 aliphatic rings. The zero-order chi connectivity index (χ0) is 12.8. The summed E-state index contributed by atoms with van der Waals surface area (Å²) in [5, 5.41) is 0.